The number of hydrogen-bond acceptors (Lipinski definition) is 2. The van der Waals surface area contributed by atoms with Gasteiger partial charge in [-0.25, -0.2) is 4.98 Å². The van der Waals surface area contributed by atoms with E-state index in [-0.39, 0.29) is 0 Å². The Balaban J connectivity index is 2.20. The van der Waals surface area contributed by atoms with Crippen molar-refractivity contribution in [2.24, 2.45) is 7.05 Å². The van der Waals surface area contributed by atoms with Gasteiger partial charge in [-0.15, -0.1) is 0 Å². The van der Waals surface area contributed by atoms with Crippen LogP contribution in [0.2, 0.25) is 0 Å². The van der Waals surface area contributed by atoms with Crippen molar-refractivity contribution in [1.29, 1.82) is 5.26 Å². The second-order valence-electron chi connectivity index (χ2n) is 3.69. The van der Waals surface area contributed by atoms with E-state index in [0.717, 1.165) is 23.9 Å². The first kappa shape index (κ1) is 9.72. The minimum Gasteiger partial charge on any atom is -0.334 e. The largest absolute Gasteiger partial charge is 0.334 e. The highest BCUT2D eigenvalue weighted by Gasteiger charge is 2.00. The maximum absolute atomic E-state index is 8.45. The predicted molar refractivity (Wildman–Crippen MR) is 59.3 cm³/mol. The summed E-state index contributed by atoms with van der Waals surface area (Å²) in [5, 5.41) is 8.45. The summed E-state index contributed by atoms with van der Waals surface area (Å²) in [6.45, 7) is 0. The van der Waals surface area contributed by atoms with Crippen molar-refractivity contribution in [2.45, 2.75) is 19.3 Å². The van der Waals surface area contributed by atoms with Crippen molar-refractivity contribution in [1.82, 2.24) is 9.55 Å². The van der Waals surface area contributed by atoms with Crippen LogP contribution in [0.15, 0.2) is 24.5 Å². The third kappa shape index (κ3) is 1.99. The van der Waals surface area contributed by atoms with E-state index < -0.39 is 0 Å². The molecule has 0 unspecified atom stereocenters. The number of unbranched alkanes of at least 4 members (excludes halogenated alkanes) is 1. The van der Waals surface area contributed by atoms with Crippen LogP contribution in [0.4, 0.5) is 0 Å². The summed E-state index contributed by atoms with van der Waals surface area (Å²) in [5.41, 5.74) is 3.45. The first-order valence-electron chi connectivity index (χ1n) is 5.08. The normalized spacial score (nSPS) is 10.4. The Labute approximate surface area is 89.0 Å². The van der Waals surface area contributed by atoms with Gasteiger partial charge in [0.25, 0.3) is 0 Å². The molecule has 76 valence electrons. The lowest BCUT2D eigenvalue weighted by molar-refractivity contribution is 0.851. The molecule has 3 heteroatoms. The van der Waals surface area contributed by atoms with Gasteiger partial charge in [0.2, 0.25) is 0 Å². The molecule has 0 fully saturated rings. The smallest absolute Gasteiger partial charge is 0.0955 e. The van der Waals surface area contributed by atoms with E-state index in [2.05, 4.69) is 29.3 Å². The molecule has 15 heavy (non-hydrogen) atoms. The lowest BCUT2D eigenvalue weighted by Crippen LogP contribution is -1.87. The number of nitrogens with zero attached hydrogens (tertiary/aromatic N) is 3. The summed E-state index contributed by atoms with van der Waals surface area (Å²) < 4.78 is 2.01. The number of benzene rings is 1. The van der Waals surface area contributed by atoms with Crippen LogP contribution in [-0.2, 0) is 13.5 Å². The van der Waals surface area contributed by atoms with Gasteiger partial charge in [-0.05, 0) is 30.5 Å². The van der Waals surface area contributed by atoms with Crippen molar-refractivity contribution in [3.63, 3.8) is 0 Å². The van der Waals surface area contributed by atoms with Gasteiger partial charge in [-0.1, -0.05) is 6.07 Å². The van der Waals surface area contributed by atoms with Gasteiger partial charge in [-0.2, -0.15) is 5.26 Å². The van der Waals surface area contributed by atoms with Gasteiger partial charge in [0, 0.05) is 13.5 Å². The van der Waals surface area contributed by atoms with Crippen LogP contribution in [0.25, 0.3) is 11.0 Å². The summed E-state index contributed by atoms with van der Waals surface area (Å²) in [7, 11) is 1.99. The van der Waals surface area contributed by atoms with E-state index in [1.54, 1.807) is 0 Å². The number of imidazole rings is 1. The average Bonchev–Trinajstić information content (AvgIpc) is 2.61. The zero-order chi connectivity index (χ0) is 10.7. The number of aryl methyl sites for hydroxylation is 2. The van der Waals surface area contributed by atoms with E-state index in [1.165, 1.54) is 5.56 Å². The maximum Gasteiger partial charge on any atom is 0.0955 e. The van der Waals surface area contributed by atoms with Crippen molar-refractivity contribution in [2.75, 3.05) is 0 Å². The molecule has 0 atom stereocenters. The number of aromatic nitrogens is 2. The Morgan fingerprint density at radius 2 is 2.33 bits per heavy atom. The highest BCUT2D eigenvalue weighted by molar-refractivity contribution is 5.75. The van der Waals surface area contributed by atoms with Crippen LogP contribution in [0, 0.1) is 11.3 Å². The molecule has 2 aromatic rings. The molecule has 0 bridgehead atoms. The Hall–Kier alpha value is -1.82. The molecule has 0 radical (unpaired) electrons. The zero-order valence-corrected chi connectivity index (χ0v) is 8.77. The molecule has 1 heterocycles. The van der Waals surface area contributed by atoms with Gasteiger partial charge < -0.3 is 4.57 Å². The van der Waals surface area contributed by atoms with Crippen molar-refractivity contribution >= 4 is 11.0 Å². The molecule has 0 N–H and O–H groups in total. The molecule has 0 saturated carbocycles. The Kier molecular flexibility index (Phi) is 2.68. The molecular formula is C12H13N3. The lowest BCUT2D eigenvalue weighted by atomic mass is 10.1. The van der Waals surface area contributed by atoms with Crippen LogP contribution >= 0.6 is 0 Å². The van der Waals surface area contributed by atoms with Crippen molar-refractivity contribution < 1.29 is 0 Å². The van der Waals surface area contributed by atoms with E-state index in [4.69, 9.17) is 5.26 Å². The Morgan fingerprint density at radius 1 is 1.47 bits per heavy atom. The first-order valence-corrected chi connectivity index (χ1v) is 5.08. The molecule has 0 aliphatic rings. The van der Waals surface area contributed by atoms with Crippen LogP contribution in [-0.4, -0.2) is 9.55 Å². The molecule has 0 amide bonds. The molecule has 1 aromatic heterocycles. The minimum atomic E-state index is 0.625. The number of hydrogen-bond donors (Lipinski definition) is 0. The molecule has 0 aliphatic carbocycles. The van der Waals surface area contributed by atoms with Crippen molar-refractivity contribution in [3.8, 4) is 6.07 Å². The molecule has 0 saturated heterocycles. The van der Waals surface area contributed by atoms with Gasteiger partial charge >= 0.3 is 0 Å². The molecule has 1 aromatic carbocycles. The topological polar surface area (TPSA) is 41.6 Å². The summed E-state index contributed by atoms with van der Waals surface area (Å²) in [4.78, 5) is 4.31. The molecular weight excluding hydrogens is 186 g/mol. The lowest BCUT2D eigenvalue weighted by Gasteiger charge is -1.99. The minimum absolute atomic E-state index is 0.625. The predicted octanol–water partition coefficient (Wildman–Crippen LogP) is 2.42. The van der Waals surface area contributed by atoms with E-state index >= 15 is 0 Å². The third-order valence-corrected chi connectivity index (χ3v) is 2.54. The highest BCUT2D eigenvalue weighted by Crippen LogP contribution is 2.15. The van der Waals surface area contributed by atoms with Crippen LogP contribution in [0.3, 0.4) is 0 Å². The fourth-order valence-corrected chi connectivity index (χ4v) is 1.71. The van der Waals surface area contributed by atoms with Gasteiger partial charge in [0.1, 0.15) is 0 Å². The average molecular weight is 199 g/mol. The Bertz CT molecular complexity index is 505. The number of rotatable bonds is 3. The standard InChI is InChI=1S/C12H13N3/c1-15-9-14-11-8-10(4-2-3-7-13)5-6-12(11)15/h5-6,8-9H,2-4H2,1H3. The highest BCUT2D eigenvalue weighted by atomic mass is 15.0. The summed E-state index contributed by atoms with van der Waals surface area (Å²) in [6, 6.07) is 8.46. The van der Waals surface area contributed by atoms with E-state index in [1.807, 2.05) is 17.9 Å². The second-order valence-corrected chi connectivity index (χ2v) is 3.69. The van der Waals surface area contributed by atoms with E-state index in [0.29, 0.717) is 6.42 Å². The van der Waals surface area contributed by atoms with E-state index in [9.17, 15) is 0 Å². The van der Waals surface area contributed by atoms with Gasteiger partial charge in [0.15, 0.2) is 0 Å². The second kappa shape index (κ2) is 4.14. The maximum atomic E-state index is 8.45. The van der Waals surface area contributed by atoms with Crippen LogP contribution < -0.4 is 0 Å². The summed E-state index contributed by atoms with van der Waals surface area (Å²) in [6.07, 6.45) is 4.33. The molecule has 3 nitrogen and oxygen atoms in total. The number of fused-ring (bicyclic) bond motifs is 1. The third-order valence-electron chi connectivity index (χ3n) is 2.54. The SMILES string of the molecule is Cn1cnc2cc(CCCC#N)ccc21. The van der Waals surface area contributed by atoms with Gasteiger partial charge in [0.05, 0.1) is 23.4 Å². The molecule has 0 spiro atoms. The summed E-state index contributed by atoms with van der Waals surface area (Å²) in [5.74, 6) is 0. The summed E-state index contributed by atoms with van der Waals surface area (Å²) >= 11 is 0. The van der Waals surface area contributed by atoms with Crippen LogP contribution in [0.5, 0.6) is 0 Å². The fraction of sp³-hybridized carbons (Fsp3) is 0.333. The first-order chi connectivity index (χ1) is 7.31. The zero-order valence-electron chi connectivity index (χ0n) is 8.77. The van der Waals surface area contributed by atoms with Crippen molar-refractivity contribution in [3.05, 3.63) is 30.1 Å². The monoisotopic (exact) mass is 199 g/mol. The Morgan fingerprint density at radius 3 is 3.13 bits per heavy atom. The van der Waals surface area contributed by atoms with Crippen LogP contribution in [0.1, 0.15) is 18.4 Å². The van der Waals surface area contributed by atoms with Gasteiger partial charge in [-0.3, -0.25) is 0 Å². The molecule has 2 rings (SSSR count). The quantitative estimate of drug-likeness (QED) is 0.712. The molecule has 0 aliphatic heterocycles. The number of nitriles is 1. The fourth-order valence-electron chi connectivity index (χ4n) is 1.71.